The lowest BCUT2D eigenvalue weighted by atomic mass is 10.0. The summed E-state index contributed by atoms with van der Waals surface area (Å²) in [6.07, 6.45) is 5.62. The first-order chi connectivity index (χ1) is 9.28. The standard InChI is InChI=1S/C15H21N3O/c1-2-14(16)12-13-4-6-15(7-5-13)19-11-10-18-9-3-8-17-18/h3-9,14H,2,10-12,16H2,1H3. The quantitative estimate of drug-likeness (QED) is 0.829. The molecule has 1 aromatic carbocycles. The number of nitrogens with two attached hydrogens (primary N) is 1. The fourth-order valence-corrected chi connectivity index (χ4v) is 1.86. The molecule has 0 aliphatic rings. The zero-order chi connectivity index (χ0) is 13.5. The van der Waals surface area contributed by atoms with E-state index in [0.29, 0.717) is 6.61 Å². The zero-order valence-electron chi connectivity index (χ0n) is 11.3. The molecule has 19 heavy (non-hydrogen) atoms. The molecule has 0 spiro atoms. The van der Waals surface area contributed by atoms with Crippen molar-refractivity contribution in [3.05, 3.63) is 48.3 Å². The predicted molar refractivity (Wildman–Crippen MR) is 76.1 cm³/mol. The monoisotopic (exact) mass is 259 g/mol. The first kappa shape index (κ1) is 13.6. The molecule has 0 aliphatic carbocycles. The van der Waals surface area contributed by atoms with Crippen molar-refractivity contribution in [1.29, 1.82) is 0 Å². The molecule has 2 rings (SSSR count). The third-order valence-corrected chi connectivity index (χ3v) is 3.09. The first-order valence-corrected chi connectivity index (χ1v) is 6.72. The summed E-state index contributed by atoms with van der Waals surface area (Å²) in [6.45, 7) is 3.49. The number of aromatic nitrogens is 2. The molecule has 2 aromatic rings. The van der Waals surface area contributed by atoms with Crippen LogP contribution in [0.25, 0.3) is 0 Å². The summed E-state index contributed by atoms with van der Waals surface area (Å²) < 4.78 is 7.53. The van der Waals surface area contributed by atoms with Crippen LogP contribution in [-0.2, 0) is 13.0 Å². The van der Waals surface area contributed by atoms with Crippen LogP contribution in [0.5, 0.6) is 5.75 Å². The van der Waals surface area contributed by atoms with Crippen LogP contribution < -0.4 is 10.5 Å². The summed E-state index contributed by atoms with van der Waals surface area (Å²) in [7, 11) is 0. The van der Waals surface area contributed by atoms with Gasteiger partial charge in [-0.15, -0.1) is 0 Å². The Bertz CT molecular complexity index is 465. The van der Waals surface area contributed by atoms with E-state index in [0.717, 1.165) is 25.1 Å². The molecule has 0 radical (unpaired) electrons. The molecule has 4 heteroatoms. The minimum atomic E-state index is 0.242. The molecule has 1 atom stereocenters. The minimum absolute atomic E-state index is 0.242. The van der Waals surface area contributed by atoms with Crippen molar-refractivity contribution in [1.82, 2.24) is 9.78 Å². The number of rotatable bonds is 7. The molecular weight excluding hydrogens is 238 g/mol. The molecule has 1 heterocycles. The number of hydrogen-bond donors (Lipinski definition) is 1. The fourth-order valence-electron chi connectivity index (χ4n) is 1.86. The Morgan fingerprint density at radius 1 is 1.32 bits per heavy atom. The Balaban J connectivity index is 1.78. The zero-order valence-corrected chi connectivity index (χ0v) is 11.3. The first-order valence-electron chi connectivity index (χ1n) is 6.72. The summed E-state index contributed by atoms with van der Waals surface area (Å²) in [4.78, 5) is 0. The SMILES string of the molecule is CCC(N)Cc1ccc(OCCn2cccn2)cc1. The maximum absolute atomic E-state index is 5.94. The third kappa shape index (κ3) is 4.41. The van der Waals surface area contributed by atoms with E-state index in [4.69, 9.17) is 10.5 Å². The molecule has 0 saturated carbocycles. The van der Waals surface area contributed by atoms with Gasteiger partial charge in [0.15, 0.2) is 0 Å². The van der Waals surface area contributed by atoms with E-state index in [-0.39, 0.29) is 6.04 Å². The average molecular weight is 259 g/mol. The highest BCUT2D eigenvalue weighted by atomic mass is 16.5. The van der Waals surface area contributed by atoms with Crippen LogP contribution in [0.3, 0.4) is 0 Å². The largest absolute Gasteiger partial charge is 0.492 e. The van der Waals surface area contributed by atoms with Gasteiger partial charge in [-0.25, -0.2) is 0 Å². The van der Waals surface area contributed by atoms with Gasteiger partial charge in [-0.05, 0) is 36.6 Å². The second kappa shape index (κ2) is 6.95. The van der Waals surface area contributed by atoms with Gasteiger partial charge < -0.3 is 10.5 Å². The van der Waals surface area contributed by atoms with E-state index in [1.165, 1.54) is 5.56 Å². The molecule has 0 saturated heterocycles. The van der Waals surface area contributed by atoms with Crippen LogP contribution in [0.2, 0.25) is 0 Å². The second-order valence-electron chi connectivity index (χ2n) is 4.63. The summed E-state index contributed by atoms with van der Waals surface area (Å²) >= 11 is 0. The molecule has 1 unspecified atom stereocenters. The van der Waals surface area contributed by atoms with Crippen molar-refractivity contribution in [2.45, 2.75) is 32.4 Å². The van der Waals surface area contributed by atoms with Crippen LogP contribution in [-0.4, -0.2) is 22.4 Å². The van der Waals surface area contributed by atoms with Gasteiger partial charge in [0.25, 0.3) is 0 Å². The molecule has 2 N–H and O–H groups in total. The minimum Gasteiger partial charge on any atom is -0.492 e. The number of ether oxygens (including phenoxy) is 1. The number of hydrogen-bond acceptors (Lipinski definition) is 3. The van der Waals surface area contributed by atoms with Crippen LogP contribution in [0, 0.1) is 0 Å². The summed E-state index contributed by atoms with van der Waals surface area (Å²) in [5.74, 6) is 0.890. The van der Waals surface area contributed by atoms with Gasteiger partial charge >= 0.3 is 0 Å². The second-order valence-corrected chi connectivity index (χ2v) is 4.63. The lowest BCUT2D eigenvalue weighted by Gasteiger charge is -2.10. The van der Waals surface area contributed by atoms with Gasteiger partial charge in [0.2, 0.25) is 0 Å². The van der Waals surface area contributed by atoms with Crippen LogP contribution in [0.1, 0.15) is 18.9 Å². The topological polar surface area (TPSA) is 53.1 Å². The normalized spacial score (nSPS) is 12.3. The van der Waals surface area contributed by atoms with Crippen molar-refractivity contribution in [3.63, 3.8) is 0 Å². The van der Waals surface area contributed by atoms with Gasteiger partial charge in [-0.3, -0.25) is 4.68 Å². The highest BCUT2D eigenvalue weighted by Crippen LogP contribution is 2.13. The number of nitrogens with zero attached hydrogens (tertiary/aromatic N) is 2. The van der Waals surface area contributed by atoms with E-state index in [2.05, 4.69) is 24.2 Å². The van der Waals surface area contributed by atoms with Gasteiger partial charge in [-0.2, -0.15) is 5.10 Å². The van der Waals surface area contributed by atoms with Crippen LogP contribution in [0.4, 0.5) is 0 Å². The van der Waals surface area contributed by atoms with Gasteiger partial charge in [0.05, 0.1) is 6.54 Å². The molecule has 1 aromatic heterocycles. The van der Waals surface area contributed by atoms with Gasteiger partial charge in [-0.1, -0.05) is 19.1 Å². The van der Waals surface area contributed by atoms with Gasteiger partial charge in [0, 0.05) is 18.4 Å². The fraction of sp³-hybridized carbons (Fsp3) is 0.400. The maximum atomic E-state index is 5.94. The smallest absolute Gasteiger partial charge is 0.119 e. The summed E-state index contributed by atoms with van der Waals surface area (Å²) in [6, 6.07) is 10.3. The van der Waals surface area contributed by atoms with E-state index in [1.807, 2.05) is 29.1 Å². The molecular formula is C15H21N3O. The molecule has 0 bridgehead atoms. The maximum Gasteiger partial charge on any atom is 0.119 e. The van der Waals surface area contributed by atoms with Crippen molar-refractivity contribution in [2.75, 3.05) is 6.61 Å². The van der Waals surface area contributed by atoms with E-state index < -0.39 is 0 Å². The van der Waals surface area contributed by atoms with Gasteiger partial charge in [0.1, 0.15) is 12.4 Å². The van der Waals surface area contributed by atoms with Crippen molar-refractivity contribution in [3.8, 4) is 5.75 Å². The highest BCUT2D eigenvalue weighted by molar-refractivity contribution is 5.27. The van der Waals surface area contributed by atoms with Crippen molar-refractivity contribution in [2.24, 2.45) is 5.73 Å². The molecule has 0 aliphatic heterocycles. The lowest BCUT2D eigenvalue weighted by molar-refractivity contribution is 0.291. The molecule has 4 nitrogen and oxygen atoms in total. The Labute approximate surface area is 114 Å². The Morgan fingerprint density at radius 3 is 2.74 bits per heavy atom. The lowest BCUT2D eigenvalue weighted by Crippen LogP contribution is -2.21. The van der Waals surface area contributed by atoms with Crippen molar-refractivity contribution < 1.29 is 4.74 Å². The van der Waals surface area contributed by atoms with Crippen LogP contribution in [0.15, 0.2) is 42.7 Å². The van der Waals surface area contributed by atoms with E-state index in [1.54, 1.807) is 6.20 Å². The number of benzene rings is 1. The van der Waals surface area contributed by atoms with Crippen LogP contribution >= 0.6 is 0 Å². The Hall–Kier alpha value is -1.81. The predicted octanol–water partition coefficient (Wildman–Crippen LogP) is 2.24. The summed E-state index contributed by atoms with van der Waals surface area (Å²) in [5.41, 5.74) is 7.19. The highest BCUT2D eigenvalue weighted by Gasteiger charge is 2.01. The third-order valence-electron chi connectivity index (χ3n) is 3.09. The molecule has 0 amide bonds. The molecule has 0 fully saturated rings. The summed E-state index contributed by atoms with van der Waals surface area (Å²) in [5, 5.41) is 4.13. The Kier molecular flexibility index (Phi) is 4.98. The van der Waals surface area contributed by atoms with E-state index >= 15 is 0 Å². The Morgan fingerprint density at radius 2 is 2.11 bits per heavy atom. The molecule has 102 valence electrons. The average Bonchev–Trinajstić information content (AvgIpc) is 2.94. The van der Waals surface area contributed by atoms with Crippen molar-refractivity contribution >= 4 is 0 Å². The van der Waals surface area contributed by atoms with E-state index in [9.17, 15) is 0 Å².